The van der Waals surface area contributed by atoms with Gasteiger partial charge >= 0.3 is 18.3 Å². The number of hydrogen-bond acceptors (Lipinski definition) is 3. The fourth-order valence-electron chi connectivity index (χ4n) is 1.10. The van der Waals surface area contributed by atoms with Crippen molar-refractivity contribution in [1.29, 1.82) is 0 Å². The number of rotatable bonds is 3. The molecular formula is C13H9F5O3. The van der Waals surface area contributed by atoms with Crippen molar-refractivity contribution in [3.63, 3.8) is 0 Å². The minimum Gasteiger partial charge on any atom is -0.468 e. The summed E-state index contributed by atoms with van der Waals surface area (Å²) in [5.74, 6) is 3.76. The molecular weight excluding hydrogens is 299 g/mol. The predicted octanol–water partition coefficient (Wildman–Crippen LogP) is 3.14. The summed E-state index contributed by atoms with van der Waals surface area (Å²) in [6, 6.07) is 4.21. The Kier molecular flexibility index (Phi) is 5.13. The Bertz CT molecular complexity index is 552. The van der Waals surface area contributed by atoms with Gasteiger partial charge in [0.15, 0.2) is 0 Å². The number of alkyl halides is 5. The van der Waals surface area contributed by atoms with Crippen molar-refractivity contribution in [3.8, 4) is 17.6 Å². The molecule has 114 valence electrons. The molecule has 21 heavy (non-hydrogen) atoms. The molecule has 0 N–H and O–H groups in total. The number of methoxy groups -OCH3 is 1. The molecule has 0 heterocycles. The second kappa shape index (κ2) is 6.43. The zero-order chi connectivity index (χ0) is 16.1. The lowest BCUT2D eigenvalue weighted by Gasteiger charge is -2.20. The van der Waals surface area contributed by atoms with Gasteiger partial charge in [0.25, 0.3) is 0 Å². The lowest BCUT2D eigenvalue weighted by molar-refractivity contribution is -0.360. The zero-order valence-corrected chi connectivity index (χ0v) is 10.6. The summed E-state index contributed by atoms with van der Waals surface area (Å²) < 4.78 is 69.0. The van der Waals surface area contributed by atoms with Crippen molar-refractivity contribution in [2.45, 2.75) is 18.7 Å². The molecule has 0 saturated carbocycles. The molecule has 0 aliphatic carbocycles. The van der Waals surface area contributed by atoms with Crippen LogP contribution in [0.25, 0.3) is 0 Å². The van der Waals surface area contributed by atoms with Gasteiger partial charge in [-0.05, 0) is 24.3 Å². The molecule has 0 saturated heterocycles. The second-order valence-corrected chi connectivity index (χ2v) is 3.70. The topological polar surface area (TPSA) is 35.5 Å². The van der Waals surface area contributed by atoms with Crippen LogP contribution in [0.5, 0.6) is 5.75 Å². The summed E-state index contributed by atoms with van der Waals surface area (Å²) >= 11 is 0. The smallest absolute Gasteiger partial charge is 0.468 e. The Morgan fingerprint density at radius 2 is 1.71 bits per heavy atom. The van der Waals surface area contributed by atoms with Crippen molar-refractivity contribution in [2.75, 3.05) is 7.11 Å². The van der Waals surface area contributed by atoms with E-state index in [1.165, 1.54) is 19.2 Å². The Morgan fingerprint density at radius 3 is 2.19 bits per heavy atom. The van der Waals surface area contributed by atoms with Crippen molar-refractivity contribution in [3.05, 3.63) is 29.8 Å². The van der Waals surface area contributed by atoms with Crippen LogP contribution in [0, 0.1) is 11.8 Å². The molecule has 1 aromatic rings. The summed E-state index contributed by atoms with van der Waals surface area (Å²) in [6.07, 6.45) is -11.2. The average Bonchev–Trinajstić information content (AvgIpc) is 2.39. The first kappa shape index (κ1) is 16.8. The van der Waals surface area contributed by atoms with Gasteiger partial charge < -0.3 is 9.47 Å². The molecule has 1 rings (SSSR count). The molecule has 0 spiro atoms. The van der Waals surface area contributed by atoms with E-state index < -0.39 is 24.0 Å². The summed E-state index contributed by atoms with van der Waals surface area (Å²) in [4.78, 5) is 10.8. The molecule has 0 amide bonds. The number of halogens is 5. The van der Waals surface area contributed by atoms with Crippen molar-refractivity contribution >= 4 is 5.97 Å². The molecule has 0 fully saturated rings. The SMILES string of the molecule is COC(=O)CC#Cc1ccc(OC(F)(F)C(F)(F)F)cc1. The number of ether oxygens (including phenoxy) is 2. The van der Waals surface area contributed by atoms with E-state index >= 15 is 0 Å². The lowest BCUT2D eigenvalue weighted by Crippen LogP contribution is -2.41. The van der Waals surface area contributed by atoms with Crippen LogP contribution in [-0.4, -0.2) is 25.4 Å². The quantitative estimate of drug-likeness (QED) is 0.489. The maximum Gasteiger partial charge on any atom is 0.499 e. The first-order valence-corrected chi connectivity index (χ1v) is 5.45. The van der Waals surface area contributed by atoms with E-state index in [0.717, 1.165) is 12.1 Å². The fourth-order valence-corrected chi connectivity index (χ4v) is 1.10. The zero-order valence-electron chi connectivity index (χ0n) is 10.6. The first-order chi connectivity index (χ1) is 9.65. The maximum absolute atomic E-state index is 12.6. The molecule has 0 aliphatic rings. The second-order valence-electron chi connectivity index (χ2n) is 3.70. The van der Waals surface area contributed by atoms with Gasteiger partial charge in [0.1, 0.15) is 12.2 Å². The summed E-state index contributed by atoms with van der Waals surface area (Å²) in [7, 11) is 1.19. The molecule has 3 nitrogen and oxygen atoms in total. The average molecular weight is 308 g/mol. The van der Waals surface area contributed by atoms with Crippen LogP contribution in [0.4, 0.5) is 22.0 Å². The molecule has 0 bridgehead atoms. The van der Waals surface area contributed by atoms with Gasteiger partial charge in [-0.3, -0.25) is 4.79 Å². The van der Waals surface area contributed by atoms with Gasteiger partial charge in [0.05, 0.1) is 7.11 Å². The van der Waals surface area contributed by atoms with Gasteiger partial charge in [-0.2, -0.15) is 22.0 Å². The van der Waals surface area contributed by atoms with Crippen LogP contribution in [0.2, 0.25) is 0 Å². The van der Waals surface area contributed by atoms with Gasteiger partial charge in [-0.1, -0.05) is 11.8 Å². The third kappa shape index (κ3) is 4.95. The lowest BCUT2D eigenvalue weighted by atomic mass is 10.2. The molecule has 0 unspecified atom stereocenters. The summed E-state index contributed by atoms with van der Waals surface area (Å²) in [5.41, 5.74) is 0.321. The van der Waals surface area contributed by atoms with E-state index in [-0.39, 0.29) is 6.42 Å². The summed E-state index contributed by atoms with van der Waals surface area (Å²) in [6.45, 7) is 0. The Balaban J connectivity index is 2.73. The molecule has 1 aromatic carbocycles. The highest BCUT2D eigenvalue weighted by Crippen LogP contribution is 2.37. The van der Waals surface area contributed by atoms with Crippen LogP contribution in [0.3, 0.4) is 0 Å². The van der Waals surface area contributed by atoms with Gasteiger partial charge in [0, 0.05) is 5.56 Å². The fraction of sp³-hybridized carbons (Fsp3) is 0.308. The maximum atomic E-state index is 12.6. The van der Waals surface area contributed by atoms with Crippen LogP contribution >= 0.6 is 0 Å². The predicted molar refractivity (Wildman–Crippen MR) is 61.6 cm³/mol. The third-order valence-electron chi connectivity index (χ3n) is 2.12. The van der Waals surface area contributed by atoms with E-state index in [0.29, 0.717) is 5.56 Å². The van der Waals surface area contributed by atoms with Crippen molar-refractivity contribution in [2.24, 2.45) is 0 Å². The third-order valence-corrected chi connectivity index (χ3v) is 2.12. The van der Waals surface area contributed by atoms with E-state index in [2.05, 4.69) is 21.3 Å². The number of carbonyl (C=O) groups excluding carboxylic acids is 1. The minimum absolute atomic E-state index is 0.166. The molecule has 0 aromatic heterocycles. The highest BCUT2D eigenvalue weighted by atomic mass is 19.4. The monoisotopic (exact) mass is 308 g/mol. The van der Waals surface area contributed by atoms with E-state index in [9.17, 15) is 26.7 Å². The number of hydrogen-bond donors (Lipinski definition) is 0. The van der Waals surface area contributed by atoms with Crippen LogP contribution in [-0.2, 0) is 9.53 Å². The van der Waals surface area contributed by atoms with Crippen LogP contribution < -0.4 is 4.74 Å². The standard InChI is InChI=1S/C13H9F5O3/c1-20-11(19)4-2-3-9-5-7-10(8-6-9)21-13(17,18)12(14,15)16/h5-8H,4H2,1H3. The first-order valence-electron chi connectivity index (χ1n) is 5.45. The number of esters is 1. The van der Waals surface area contributed by atoms with Crippen molar-refractivity contribution < 1.29 is 36.2 Å². The highest BCUT2D eigenvalue weighted by molar-refractivity contribution is 5.72. The van der Waals surface area contributed by atoms with Crippen LogP contribution in [0.1, 0.15) is 12.0 Å². The largest absolute Gasteiger partial charge is 0.499 e. The van der Waals surface area contributed by atoms with Gasteiger partial charge in [-0.25, -0.2) is 0 Å². The Hall–Kier alpha value is -2.30. The minimum atomic E-state index is -5.80. The molecule has 0 atom stereocenters. The van der Waals surface area contributed by atoms with Gasteiger partial charge in [-0.15, -0.1) is 0 Å². The summed E-state index contributed by atoms with van der Waals surface area (Å²) in [5, 5.41) is 0. The number of benzene rings is 1. The normalized spacial score (nSPS) is 11.3. The highest BCUT2D eigenvalue weighted by Gasteiger charge is 2.61. The van der Waals surface area contributed by atoms with E-state index in [4.69, 9.17) is 0 Å². The molecule has 8 heteroatoms. The molecule has 0 aliphatic heterocycles. The van der Waals surface area contributed by atoms with E-state index in [1.54, 1.807) is 0 Å². The Morgan fingerprint density at radius 1 is 1.14 bits per heavy atom. The van der Waals surface area contributed by atoms with Gasteiger partial charge in [0.2, 0.25) is 0 Å². The van der Waals surface area contributed by atoms with Crippen LogP contribution in [0.15, 0.2) is 24.3 Å². The molecule has 0 radical (unpaired) electrons. The van der Waals surface area contributed by atoms with E-state index in [1.807, 2.05) is 0 Å². The number of carbonyl (C=O) groups is 1. The van der Waals surface area contributed by atoms with Crippen molar-refractivity contribution in [1.82, 2.24) is 0 Å². The Labute approximate surface area is 116 Å².